The van der Waals surface area contributed by atoms with Gasteiger partial charge in [-0.1, -0.05) is 6.07 Å². The summed E-state index contributed by atoms with van der Waals surface area (Å²) < 4.78 is 6.27. The van der Waals surface area contributed by atoms with Gasteiger partial charge >= 0.3 is 0 Å². The first-order valence-electron chi connectivity index (χ1n) is 6.06. The largest absolute Gasteiger partial charge is 0.491 e. The summed E-state index contributed by atoms with van der Waals surface area (Å²) in [5, 5.41) is 2.71. The molecule has 3 N–H and O–H groups in total. The molecule has 0 atom stereocenters. The van der Waals surface area contributed by atoms with Gasteiger partial charge in [-0.2, -0.15) is 0 Å². The third kappa shape index (κ3) is 3.27. The van der Waals surface area contributed by atoms with E-state index >= 15 is 0 Å². The summed E-state index contributed by atoms with van der Waals surface area (Å²) in [6, 6.07) is 8.57. The molecular formula is C14H14BrN3O2. The molecule has 1 heterocycles. The molecule has 1 aromatic heterocycles. The Hall–Kier alpha value is -2.08. The van der Waals surface area contributed by atoms with Crippen LogP contribution in [0.25, 0.3) is 0 Å². The molecule has 0 radical (unpaired) electrons. The van der Waals surface area contributed by atoms with Gasteiger partial charge in [0.15, 0.2) is 5.75 Å². The number of hydrogen-bond acceptors (Lipinski definition) is 4. The van der Waals surface area contributed by atoms with E-state index in [2.05, 4.69) is 26.2 Å². The van der Waals surface area contributed by atoms with E-state index in [0.717, 1.165) is 4.47 Å². The highest BCUT2D eigenvalue weighted by molar-refractivity contribution is 9.10. The van der Waals surface area contributed by atoms with Crippen molar-refractivity contribution in [3.05, 3.63) is 46.6 Å². The van der Waals surface area contributed by atoms with Crippen LogP contribution in [-0.4, -0.2) is 17.5 Å². The number of aromatic nitrogens is 1. The van der Waals surface area contributed by atoms with Crippen molar-refractivity contribution in [3.8, 4) is 5.75 Å². The van der Waals surface area contributed by atoms with E-state index in [-0.39, 0.29) is 5.91 Å². The van der Waals surface area contributed by atoms with Crippen molar-refractivity contribution >= 4 is 33.3 Å². The molecule has 0 spiro atoms. The summed E-state index contributed by atoms with van der Waals surface area (Å²) >= 11 is 3.29. The minimum absolute atomic E-state index is 0.310. The quantitative estimate of drug-likeness (QED) is 0.841. The SMILES string of the molecule is CCOc1c(N)cccc1C(=O)Nc1ccc(Br)cn1. The molecule has 1 aromatic carbocycles. The molecule has 0 bridgehead atoms. The standard InChI is InChI=1S/C14H14BrN3O2/c1-2-20-13-10(4-3-5-11(13)16)14(19)18-12-7-6-9(15)8-17-12/h3-8H,2,16H2,1H3,(H,17,18,19). The second-order valence-electron chi connectivity index (χ2n) is 3.97. The highest BCUT2D eigenvalue weighted by atomic mass is 79.9. The summed E-state index contributed by atoms with van der Waals surface area (Å²) in [6.45, 7) is 2.27. The van der Waals surface area contributed by atoms with Crippen LogP contribution in [0.1, 0.15) is 17.3 Å². The number of nitrogens with zero attached hydrogens (tertiary/aromatic N) is 1. The lowest BCUT2D eigenvalue weighted by Crippen LogP contribution is -2.15. The molecule has 0 aliphatic carbocycles. The molecule has 20 heavy (non-hydrogen) atoms. The zero-order valence-corrected chi connectivity index (χ0v) is 12.5. The van der Waals surface area contributed by atoms with Gasteiger partial charge in [-0.25, -0.2) is 4.98 Å². The molecule has 1 amide bonds. The van der Waals surface area contributed by atoms with Gasteiger partial charge in [0, 0.05) is 10.7 Å². The molecule has 0 aliphatic heterocycles. The fraction of sp³-hybridized carbons (Fsp3) is 0.143. The maximum absolute atomic E-state index is 12.2. The second kappa shape index (κ2) is 6.38. The average Bonchev–Trinajstić information content (AvgIpc) is 2.43. The van der Waals surface area contributed by atoms with Crippen LogP contribution in [-0.2, 0) is 0 Å². The molecule has 6 heteroatoms. The number of halogens is 1. The number of pyridine rings is 1. The van der Waals surface area contributed by atoms with Gasteiger partial charge in [0.2, 0.25) is 0 Å². The number of carbonyl (C=O) groups is 1. The Morgan fingerprint density at radius 3 is 2.85 bits per heavy atom. The predicted octanol–water partition coefficient (Wildman–Crippen LogP) is 3.08. The van der Waals surface area contributed by atoms with E-state index < -0.39 is 0 Å². The number of anilines is 2. The van der Waals surface area contributed by atoms with Crippen LogP contribution >= 0.6 is 15.9 Å². The Morgan fingerprint density at radius 2 is 2.20 bits per heavy atom. The van der Waals surface area contributed by atoms with E-state index in [1.165, 1.54) is 0 Å². The fourth-order valence-electron chi connectivity index (χ4n) is 1.67. The Labute approximate surface area is 125 Å². The Morgan fingerprint density at radius 1 is 1.40 bits per heavy atom. The maximum Gasteiger partial charge on any atom is 0.260 e. The molecule has 0 saturated heterocycles. The normalized spacial score (nSPS) is 10.1. The van der Waals surface area contributed by atoms with E-state index in [1.807, 2.05) is 6.92 Å². The highest BCUT2D eigenvalue weighted by Gasteiger charge is 2.15. The molecule has 0 fully saturated rings. The Bertz CT molecular complexity index is 614. The van der Waals surface area contributed by atoms with Crippen molar-refractivity contribution in [1.82, 2.24) is 4.98 Å². The Balaban J connectivity index is 2.25. The van der Waals surface area contributed by atoms with Crippen LogP contribution in [0.4, 0.5) is 11.5 Å². The smallest absolute Gasteiger partial charge is 0.260 e. The average molecular weight is 336 g/mol. The molecule has 0 unspecified atom stereocenters. The van der Waals surface area contributed by atoms with Crippen LogP contribution in [0.3, 0.4) is 0 Å². The van der Waals surface area contributed by atoms with Crippen LogP contribution in [0, 0.1) is 0 Å². The van der Waals surface area contributed by atoms with Gasteiger partial charge in [-0.3, -0.25) is 4.79 Å². The van der Waals surface area contributed by atoms with E-state index in [1.54, 1.807) is 36.5 Å². The number of benzene rings is 1. The van der Waals surface area contributed by atoms with Gasteiger partial charge < -0.3 is 15.8 Å². The van der Waals surface area contributed by atoms with Gasteiger partial charge in [0.05, 0.1) is 17.9 Å². The second-order valence-corrected chi connectivity index (χ2v) is 4.89. The Kier molecular flexibility index (Phi) is 4.57. The molecule has 2 rings (SSSR count). The topological polar surface area (TPSA) is 77.2 Å². The summed E-state index contributed by atoms with van der Waals surface area (Å²) in [5.41, 5.74) is 6.65. The number of rotatable bonds is 4. The van der Waals surface area contributed by atoms with E-state index in [0.29, 0.717) is 29.4 Å². The minimum atomic E-state index is -0.310. The summed E-state index contributed by atoms with van der Waals surface area (Å²) in [6.07, 6.45) is 1.61. The van der Waals surface area contributed by atoms with Gasteiger partial charge in [0.25, 0.3) is 5.91 Å². The van der Waals surface area contributed by atoms with E-state index in [9.17, 15) is 4.79 Å². The highest BCUT2D eigenvalue weighted by Crippen LogP contribution is 2.27. The van der Waals surface area contributed by atoms with Crippen LogP contribution in [0.2, 0.25) is 0 Å². The lowest BCUT2D eigenvalue weighted by Gasteiger charge is -2.12. The van der Waals surface area contributed by atoms with Gasteiger partial charge in [-0.05, 0) is 47.1 Å². The lowest BCUT2D eigenvalue weighted by molar-refractivity contribution is 0.102. The first kappa shape index (κ1) is 14.3. The van der Waals surface area contributed by atoms with Crippen LogP contribution in [0.15, 0.2) is 41.0 Å². The van der Waals surface area contributed by atoms with Gasteiger partial charge in [-0.15, -0.1) is 0 Å². The van der Waals surface area contributed by atoms with Crippen LogP contribution < -0.4 is 15.8 Å². The number of nitrogens with one attached hydrogen (secondary N) is 1. The molecule has 2 aromatic rings. The van der Waals surface area contributed by atoms with Crippen molar-refractivity contribution in [2.24, 2.45) is 0 Å². The number of nitrogen functional groups attached to an aromatic ring is 1. The zero-order valence-electron chi connectivity index (χ0n) is 10.9. The van der Waals surface area contributed by atoms with Crippen molar-refractivity contribution < 1.29 is 9.53 Å². The summed E-state index contributed by atoms with van der Waals surface area (Å²) in [5.74, 6) is 0.545. The third-order valence-corrected chi connectivity index (χ3v) is 3.02. The van der Waals surface area contributed by atoms with Crippen LogP contribution in [0.5, 0.6) is 5.75 Å². The first-order valence-corrected chi connectivity index (χ1v) is 6.85. The molecule has 5 nitrogen and oxygen atoms in total. The minimum Gasteiger partial charge on any atom is -0.491 e. The zero-order chi connectivity index (χ0) is 14.5. The number of ether oxygens (including phenoxy) is 1. The molecule has 104 valence electrons. The van der Waals surface area contributed by atoms with Crippen molar-refractivity contribution in [2.75, 3.05) is 17.7 Å². The lowest BCUT2D eigenvalue weighted by atomic mass is 10.1. The number of nitrogens with two attached hydrogens (primary N) is 1. The van der Waals surface area contributed by atoms with Gasteiger partial charge in [0.1, 0.15) is 5.82 Å². The van der Waals surface area contributed by atoms with Crippen molar-refractivity contribution in [2.45, 2.75) is 6.92 Å². The van der Waals surface area contributed by atoms with E-state index in [4.69, 9.17) is 10.5 Å². The fourth-order valence-corrected chi connectivity index (χ4v) is 1.91. The number of para-hydroxylation sites is 1. The number of hydrogen-bond donors (Lipinski definition) is 2. The molecular weight excluding hydrogens is 322 g/mol. The first-order chi connectivity index (χ1) is 9.61. The molecule has 0 saturated carbocycles. The number of amides is 1. The predicted molar refractivity (Wildman–Crippen MR) is 81.9 cm³/mol. The number of carbonyl (C=O) groups excluding carboxylic acids is 1. The maximum atomic E-state index is 12.2. The summed E-state index contributed by atoms with van der Waals surface area (Å²) in [4.78, 5) is 16.3. The third-order valence-electron chi connectivity index (χ3n) is 2.55. The van der Waals surface area contributed by atoms with Crippen molar-refractivity contribution in [3.63, 3.8) is 0 Å². The monoisotopic (exact) mass is 335 g/mol. The molecule has 0 aliphatic rings. The summed E-state index contributed by atoms with van der Waals surface area (Å²) in [7, 11) is 0. The van der Waals surface area contributed by atoms with Crippen molar-refractivity contribution in [1.29, 1.82) is 0 Å².